The van der Waals surface area contributed by atoms with Gasteiger partial charge in [0.05, 0.1) is 11.9 Å². The van der Waals surface area contributed by atoms with Crippen LogP contribution in [0.2, 0.25) is 10.0 Å². The van der Waals surface area contributed by atoms with Crippen LogP contribution in [0.15, 0.2) is 48.5 Å². The second kappa shape index (κ2) is 13.9. The molecular formula is C26H35Cl2N3O4S. The molecule has 198 valence electrons. The van der Waals surface area contributed by atoms with Gasteiger partial charge in [-0.05, 0) is 54.7 Å². The molecule has 0 spiro atoms. The van der Waals surface area contributed by atoms with E-state index in [0.717, 1.165) is 11.8 Å². The smallest absolute Gasteiger partial charge is 0.242 e. The SMILES string of the molecule is CC[C@@H](C(=O)NCC(C)C)N(Cc1ccc(Cl)cc1)C(=O)CCCN(c1cccc(Cl)c1)S(C)(=O)=O. The molecule has 0 saturated carbocycles. The topological polar surface area (TPSA) is 86.8 Å². The van der Waals surface area contributed by atoms with Crippen LogP contribution in [0.25, 0.3) is 0 Å². The number of anilines is 1. The maximum atomic E-state index is 13.4. The average molecular weight is 557 g/mol. The van der Waals surface area contributed by atoms with Gasteiger partial charge in [-0.2, -0.15) is 0 Å². The summed E-state index contributed by atoms with van der Waals surface area (Å²) in [5.41, 5.74) is 1.29. The van der Waals surface area contributed by atoms with Gasteiger partial charge < -0.3 is 10.2 Å². The zero-order valence-electron chi connectivity index (χ0n) is 21.2. The van der Waals surface area contributed by atoms with Gasteiger partial charge in [-0.15, -0.1) is 0 Å². The van der Waals surface area contributed by atoms with Crippen LogP contribution in [-0.2, 0) is 26.2 Å². The third-order valence-electron chi connectivity index (χ3n) is 5.58. The van der Waals surface area contributed by atoms with E-state index in [9.17, 15) is 18.0 Å². The third-order valence-corrected chi connectivity index (χ3v) is 7.27. The van der Waals surface area contributed by atoms with E-state index < -0.39 is 16.1 Å². The molecule has 10 heteroatoms. The van der Waals surface area contributed by atoms with Crippen molar-refractivity contribution in [3.05, 3.63) is 64.1 Å². The normalized spacial score (nSPS) is 12.3. The maximum absolute atomic E-state index is 13.4. The molecule has 0 saturated heterocycles. The first-order chi connectivity index (χ1) is 16.9. The van der Waals surface area contributed by atoms with Crippen molar-refractivity contribution < 1.29 is 18.0 Å². The van der Waals surface area contributed by atoms with E-state index in [0.29, 0.717) is 28.7 Å². The van der Waals surface area contributed by atoms with Crippen molar-refractivity contribution in [3.8, 4) is 0 Å². The maximum Gasteiger partial charge on any atom is 0.242 e. The quantitative estimate of drug-likeness (QED) is 0.371. The molecule has 2 amide bonds. The standard InChI is InChI=1S/C26H35Cl2N3O4S/c1-5-24(26(33)29-17-19(2)3)30(18-20-11-13-21(27)14-12-20)25(32)10-7-15-31(36(4,34)35)23-9-6-8-22(28)16-23/h6,8-9,11-14,16,19,24H,5,7,10,15,17-18H2,1-4H3,(H,29,33)/t24-/m0/s1. The number of halogens is 2. The molecule has 0 heterocycles. The monoisotopic (exact) mass is 555 g/mol. The first-order valence-corrected chi connectivity index (χ1v) is 14.6. The molecular weight excluding hydrogens is 521 g/mol. The van der Waals surface area contributed by atoms with Crippen LogP contribution >= 0.6 is 23.2 Å². The Morgan fingerprint density at radius 3 is 2.25 bits per heavy atom. The Bertz CT molecular complexity index is 1120. The summed E-state index contributed by atoms with van der Waals surface area (Å²) in [6.07, 6.45) is 1.92. The lowest BCUT2D eigenvalue weighted by Gasteiger charge is -2.31. The summed E-state index contributed by atoms with van der Waals surface area (Å²) >= 11 is 12.1. The third kappa shape index (κ3) is 9.30. The van der Waals surface area contributed by atoms with Crippen molar-refractivity contribution >= 4 is 50.7 Å². The van der Waals surface area contributed by atoms with Crippen molar-refractivity contribution in [3.63, 3.8) is 0 Å². The molecule has 0 aliphatic rings. The van der Waals surface area contributed by atoms with E-state index in [1.165, 1.54) is 4.31 Å². The number of hydrogen-bond donors (Lipinski definition) is 1. The second-order valence-electron chi connectivity index (χ2n) is 9.13. The molecule has 2 rings (SSSR count). The number of rotatable bonds is 13. The summed E-state index contributed by atoms with van der Waals surface area (Å²) in [7, 11) is -3.58. The highest BCUT2D eigenvalue weighted by atomic mass is 35.5. The molecule has 2 aromatic carbocycles. The van der Waals surface area contributed by atoms with E-state index in [2.05, 4.69) is 5.32 Å². The van der Waals surface area contributed by atoms with Crippen LogP contribution in [0.5, 0.6) is 0 Å². The average Bonchev–Trinajstić information content (AvgIpc) is 2.80. The Labute approximate surface area is 224 Å². The highest BCUT2D eigenvalue weighted by Crippen LogP contribution is 2.23. The molecule has 0 aliphatic heterocycles. The largest absolute Gasteiger partial charge is 0.354 e. The van der Waals surface area contributed by atoms with Crippen LogP contribution < -0.4 is 9.62 Å². The fraction of sp³-hybridized carbons (Fsp3) is 0.462. The highest BCUT2D eigenvalue weighted by Gasteiger charge is 2.29. The lowest BCUT2D eigenvalue weighted by Crippen LogP contribution is -2.49. The molecule has 7 nitrogen and oxygen atoms in total. The molecule has 1 atom stereocenters. The Morgan fingerprint density at radius 2 is 1.69 bits per heavy atom. The Morgan fingerprint density at radius 1 is 1.03 bits per heavy atom. The van der Waals surface area contributed by atoms with Crippen LogP contribution in [-0.4, -0.2) is 50.5 Å². The zero-order valence-corrected chi connectivity index (χ0v) is 23.5. The number of carbonyl (C=O) groups is 2. The van der Waals surface area contributed by atoms with Gasteiger partial charge in [0.1, 0.15) is 6.04 Å². The minimum absolute atomic E-state index is 0.0775. The van der Waals surface area contributed by atoms with Crippen molar-refractivity contribution in [1.29, 1.82) is 0 Å². The van der Waals surface area contributed by atoms with Crippen molar-refractivity contribution in [1.82, 2.24) is 10.2 Å². The lowest BCUT2D eigenvalue weighted by atomic mass is 10.1. The van der Waals surface area contributed by atoms with Crippen LogP contribution in [0.1, 0.15) is 45.6 Å². The molecule has 2 aromatic rings. The van der Waals surface area contributed by atoms with Gasteiger partial charge >= 0.3 is 0 Å². The molecule has 0 unspecified atom stereocenters. The molecule has 0 aliphatic carbocycles. The van der Waals surface area contributed by atoms with Gasteiger partial charge in [0.15, 0.2) is 0 Å². The summed E-state index contributed by atoms with van der Waals surface area (Å²) in [5, 5.41) is 3.93. The van der Waals surface area contributed by atoms with Crippen molar-refractivity contribution in [2.45, 2.75) is 52.6 Å². The van der Waals surface area contributed by atoms with E-state index in [-0.39, 0.29) is 43.7 Å². The van der Waals surface area contributed by atoms with Crippen molar-refractivity contribution in [2.75, 3.05) is 23.7 Å². The summed E-state index contributed by atoms with van der Waals surface area (Å²) in [6.45, 7) is 6.74. The summed E-state index contributed by atoms with van der Waals surface area (Å²) in [4.78, 5) is 28.0. The van der Waals surface area contributed by atoms with E-state index in [4.69, 9.17) is 23.2 Å². The summed E-state index contributed by atoms with van der Waals surface area (Å²) in [6, 6.07) is 13.1. The molecule has 1 N–H and O–H groups in total. The molecule has 0 fully saturated rings. The number of carbonyl (C=O) groups excluding carboxylic acids is 2. The Hall–Kier alpha value is -2.29. The van der Waals surface area contributed by atoms with E-state index in [1.54, 1.807) is 41.3 Å². The molecule has 0 bridgehead atoms. The van der Waals surface area contributed by atoms with E-state index >= 15 is 0 Å². The fourth-order valence-electron chi connectivity index (χ4n) is 3.76. The predicted octanol–water partition coefficient (Wildman–Crippen LogP) is 5.12. The van der Waals surface area contributed by atoms with Gasteiger partial charge in [0, 0.05) is 36.1 Å². The number of sulfonamides is 1. The molecule has 0 radical (unpaired) electrons. The number of hydrogen-bond acceptors (Lipinski definition) is 4. The van der Waals surface area contributed by atoms with Crippen LogP contribution in [0, 0.1) is 5.92 Å². The number of nitrogens with one attached hydrogen (secondary N) is 1. The highest BCUT2D eigenvalue weighted by molar-refractivity contribution is 7.92. The fourth-order valence-corrected chi connectivity index (χ4v) is 5.03. The Balaban J connectivity index is 2.20. The number of amides is 2. The molecule has 36 heavy (non-hydrogen) atoms. The minimum atomic E-state index is -3.58. The molecule has 0 aromatic heterocycles. The first-order valence-electron chi connectivity index (χ1n) is 12.0. The van der Waals surface area contributed by atoms with E-state index in [1.807, 2.05) is 32.9 Å². The lowest BCUT2D eigenvalue weighted by molar-refractivity contribution is -0.141. The second-order valence-corrected chi connectivity index (χ2v) is 11.9. The summed E-state index contributed by atoms with van der Waals surface area (Å²) < 4.78 is 26.1. The van der Waals surface area contributed by atoms with Crippen LogP contribution in [0.4, 0.5) is 5.69 Å². The number of benzene rings is 2. The predicted molar refractivity (Wildman–Crippen MR) is 147 cm³/mol. The van der Waals surface area contributed by atoms with Gasteiger partial charge in [-0.25, -0.2) is 8.42 Å². The Kier molecular flexibility index (Phi) is 11.5. The number of nitrogens with zero attached hydrogens (tertiary/aromatic N) is 2. The summed E-state index contributed by atoms with van der Waals surface area (Å²) in [5.74, 6) is -0.151. The van der Waals surface area contributed by atoms with Gasteiger partial charge in [-0.1, -0.05) is 62.2 Å². The zero-order chi connectivity index (χ0) is 26.9. The van der Waals surface area contributed by atoms with Gasteiger partial charge in [-0.3, -0.25) is 13.9 Å². The van der Waals surface area contributed by atoms with Gasteiger partial charge in [0.2, 0.25) is 21.8 Å². The van der Waals surface area contributed by atoms with Gasteiger partial charge in [0.25, 0.3) is 0 Å². The first kappa shape index (κ1) is 29.9. The van der Waals surface area contributed by atoms with Crippen molar-refractivity contribution in [2.24, 2.45) is 5.92 Å². The minimum Gasteiger partial charge on any atom is -0.354 e. The van der Waals surface area contributed by atoms with Crippen LogP contribution in [0.3, 0.4) is 0 Å².